The molecular weight excluding hydrogens is 278 g/mol. The van der Waals surface area contributed by atoms with Gasteiger partial charge in [-0.2, -0.15) is 0 Å². The minimum absolute atomic E-state index is 0.00144. The van der Waals surface area contributed by atoms with Crippen LogP contribution in [0.4, 0.5) is 0 Å². The molecule has 1 amide bonds. The van der Waals surface area contributed by atoms with Crippen LogP contribution in [0.15, 0.2) is 18.2 Å². The van der Waals surface area contributed by atoms with Crippen molar-refractivity contribution >= 4 is 15.9 Å². The summed E-state index contributed by atoms with van der Waals surface area (Å²) < 4.78 is 29.3. The molecule has 20 heavy (non-hydrogen) atoms. The topological polar surface area (TPSA) is 72.5 Å². The summed E-state index contributed by atoms with van der Waals surface area (Å²) >= 11 is 0. The molecule has 1 rings (SSSR count). The second-order valence-electron chi connectivity index (χ2n) is 5.09. The molecule has 0 heterocycles. The first-order valence-corrected chi connectivity index (χ1v) is 8.32. The maximum atomic E-state index is 11.4. The monoisotopic (exact) mass is 299 g/mol. The van der Waals surface area contributed by atoms with Crippen molar-refractivity contribution in [1.82, 2.24) is 4.72 Å². The summed E-state index contributed by atoms with van der Waals surface area (Å²) in [6.07, 6.45) is 0.946. The first-order valence-electron chi connectivity index (χ1n) is 6.43. The van der Waals surface area contributed by atoms with Crippen LogP contribution in [0.1, 0.15) is 37.3 Å². The molecule has 1 N–H and O–H groups in total. The molecule has 0 bridgehead atoms. The van der Waals surface area contributed by atoms with Gasteiger partial charge in [-0.05, 0) is 30.0 Å². The Morgan fingerprint density at radius 2 is 2.00 bits per heavy atom. The molecule has 0 radical (unpaired) electrons. The Morgan fingerprint density at radius 1 is 1.35 bits per heavy atom. The van der Waals surface area contributed by atoms with Crippen LogP contribution in [0.25, 0.3) is 0 Å². The zero-order valence-electron chi connectivity index (χ0n) is 12.3. The fourth-order valence-corrected chi connectivity index (χ4v) is 2.27. The van der Waals surface area contributed by atoms with Gasteiger partial charge in [0.25, 0.3) is 0 Å². The number of nitrogens with one attached hydrogen (secondary N) is 1. The van der Waals surface area contributed by atoms with E-state index in [0.29, 0.717) is 5.92 Å². The van der Waals surface area contributed by atoms with Gasteiger partial charge in [0.2, 0.25) is 15.9 Å². The van der Waals surface area contributed by atoms with Gasteiger partial charge in [-0.15, -0.1) is 0 Å². The summed E-state index contributed by atoms with van der Waals surface area (Å²) in [4.78, 5) is 11.4. The Kier molecular flexibility index (Phi) is 5.56. The van der Waals surface area contributed by atoms with Crippen molar-refractivity contribution in [3.63, 3.8) is 0 Å². The van der Waals surface area contributed by atoms with E-state index in [1.807, 2.05) is 29.8 Å². The lowest BCUT2D eigenvalue weighted by molar-refractivity contribution is -0.119. The molecule has 6 heteroatoms. The van der Waals surface area contributed by atoms with E-state index < -0.39 is 15.9 Å². The van der Waals surface area contributed by atoms with Crippen molar-refractivity contribution in [2.75, 3.05) is 12.9 Å². The second-order valence-corrected chi connectivity index (χ2v) is 6.84. The predicted molar refractivity (Wildman–Crippen MR) is 78.4 cm³/mol. The summed E-state index contributed by atoms with van der Waals surface area (Å²) in [6.45, 7) is 6.24. The Bertz CT molecular complexity index is 579. The van der Waals surface area contributed by atoms with E-state index in [0.717, 1.165) is 23.1 Å². The average Bonchev–Trinajstić information content (AvgIpc) is 2.26. The normalized spacial score (nSPS) is 11.4. The van der Waals surface area contributed by atoms with Crippen LogP contribution >= 0.6 is 0 Å². The van der Waals surface area contributed by atoms with Gasteiger partial charge in [0.1, 0.15) is 5.75 Å². The van der Waals surface area contributed by atoms with Gasteiger partial charge in [-0.1, -0.05) is 26.0 Å². The lowest BCUT2D eigenvalue weighted by Gasteiger charge is -2.14. The number of ether oxygens (including phenoxy) is 1. The highest BCUT2D eigenvalue weighted by molar-refractivity contribution is 7.89. The standard InChI is InChI=1S/C14H21NO4S/c1-10(2)12-6-5-11(3)9-13(12)19-8-7-14(16)15-20(4,17)18/h5-6,9-10H,7-8H2,1-4H3,(H,15,16). The number of sulfonamides is 1. The summed E-state index contributed by atoms with van der Waals surface area (Å²) in [5, 5.41) is 0. The van der Waals surface area contributed by atoms with Gasteiger partial charge in [0.15, 0.2) is 0 Å². The van der Waals surface area contributed by atoms with Gasteiger partial charge >= 0.3 is 0 Å². The van der Waals surface area contributed by atoms with Crippen LogP contribution in [0.2, 0.25) is 0 Å². The van der Waals surface area contributed by atoms with Crippen LogP contribution in [-0.2, 0) is 14.8 Å². The minimum atomic E-state index is -3.50. The van der Waals surface area contributed by atoms with Crippen LogP contribution in [0, 0.1) is 6.92 Å². The number of aryl methyl sites for hydroxylation is 1. The zero-order valence-corrected chi connectivity index (χ0v) is 13.1. The van der Waals surface area contributed by atoms with Crippen molar-refractivity contribution in [1.29, 1.82) is 0 Å². The first kappa shape index (κ1) is 16.5. The van der Waals surface area contributed by atoms with Crippen molar-refractivity contribution in [3.8, 4) is 5.75 Å². The van der Waals surface area contributed by atoms with Crippen LogP contribution < -0.4 is 9.46 Å². The Balaban J connectivity index is 2.62. The molecule has 5 nitrogen and oxygen atoms in total. The number of amides is 1. The molecule has 0 aliphatic rings. The molecule has 0 aliphatic carbocycles. The van der Waals surface area contributed by atoms with Crippen molar-refractivity contribution in [3.05, 3.63) is 29.3 Å². The number of carbonyl (C=O) groups excluding carboxylic acids is 1. The third-order valence-electron chi connectivity index (χ3n) is 2.68. The van der Waals surface area contributed by atoms with Crippen LogP contribution in [0.5, 0.6) is 5.75 Å². The van der Waals surface area contributed by atoms with E-state index in [1.54, 1.807) is 0 Å². The fraction of sp³-hybridized carbons (Fsp3) is 0.500. The van der Waals surface area contributed by atoms with E-state index in [2.05, 4.69) is 13.8 Å². The highest BCUT2D eigenvalue weighted by Gasteiger charge is 2.11. The van der Waals surface area contributed by atoms with E-state index >= 15 is 0 Å². The summed E-state index contributed by atoms with van der Waals surface area (Å²) in [6, 6.07) is 5.94. The van der Waals surface area contributed by atoms with Crippen molar-refractivity contribution in [2.45, 2.75) is 33.1 Å². The van der Waals surface area contributed by atoms with Crippen molar-refractivity contribution < 1.29 is 17.9 Å². The summed E-state index contributed by atoms with van der Waals surface area (Å²) in [5.74, 6) is 0.494. The molecule has 112 valence electrons. The third kappa shape index (κ3) is 5.61. The predicted octanol–water partition coefficient (Wildman–Crippen LogP) is 1.96. The van der Waals surface area contributed by atoms with E-state index in [-0.39, 0.29) is 13.0 Å². The lowest BCUT2D eigenvalue weighted by atomic mass is 10.0. The molecule has 0 aromatic heterocycles. The molecule has 0 spiro atoms. The minimum Gasteiger partial charge on any atom is -0.493 e. The summed E-state index contributed by atoms with van der Waals surface area (Å²) in [7, 11) is -3.50. The number of hydrogen-bond donors (Lipinski definition) is 1. The maximum Gasteiger partial charge on any atom is 0.236 e. The maximum absolute atomic E-state index is 11.4. The van der Waals surface area contributed by atoms with Gasteiger partial charge in [0.05, 0.1) is 19.3 Å². The molecule has 0 atom stereocenters. The van der Waals surface area contributed by atoms with E-state index in [9.17, 15) is 13.2 Å². The largest absolute Gasteiger partial charge is 0.493 e. The zero-order chi connectivity index (χ0) is 15.3. The highest BCUT2D eigenvalue weighted by atomic mass is 32.2. The molecule has 0 aliphatic heterocycles. The molecule has 0 saturated heterocycles. The van der Waals surface area contributed by atoms with Gasteiger partial charge in [-0.25, -0.2) is 8.42 Å². The van der Waals surface area contributed by atoms with Gasteiger partial charge in [0, 0.05) is 0 Å². The SMILES string of the molecule is Cc1ccc(C(C)C)c(OCCC(=O)NS(C)(=O)=O)c1. The molecule has 0 unspecified atom stereocenters. The third-order valence-corrected chi connectivity index (χ3v) is 3.28. The Morgan fingerprint density at radius 3 is 2.55 bits per heavy atom. The number of carbonyl (C=O) groups is 1. The van der Waals surface area contributed by atoms with Gasteiger partial charge < -0.3 is 4.74 Å². The van der Waals surface area contributed by atoms with E-state index in [1.165, 1.54) is 0 Å². The number of rotatable bonds is 6. The fourth-order valence-electron chi connectivity index (χ4n) is 1.76. The molecule has 1 aromatic carbocycles. The van der Waals surface area contributed by atoms with Crippen LogP contribution in [-0.4, -0.2) is 27.2 Å². The van der Waals surface area contributed by atoms with Crippen molar-refractivity contribution in [2.24, 2.45) is 0 Å². The Hall–Kier alpha value is -1.56. The average molecular weight is 299 g/mol. The Labute approximate surface area is 120 Å². The quantitative estimate of drug-likeness (QED) is 0.871. The second kappa shape index (κ2) is 6.74. The number of benzene rings is 1. The first-order chi connectivity index (χ1) is 9.19. The lowest BCUT2D eigenvalue weighted by Crippen LogP contribution is -2.30. The molecular formula is C14H21NO4S. The molecule has 1 aromatic rings. The van der Waals surface area contributed by atoms with E-state index in [4.69, 9.17) is 4.74 Å². The van der Waals surface area contributed by atoms with Crippen LogP contribution in [0.3, 0.4) is 0 Å². The highest BCUT2D eigenvalue weighted by Crippen LogP contribution is 2.27. The molecule has 0 fully saturated rings. The summed E-state index contributed by atoms with van der Waals surface area (Å²) in [5.41, 5.74) is 2.14. The smallest absolute Gasteiger partial charge is 0.236 e. The van der Waals surface area contributed by atoms with Gasteiger partial charge in [-0.3, -0.25) is 9.52 Å². The number of hydrogen-bond acceptors (Lipinski definition) is 4. The molecule has 0 saturated carbocycles.